The molecule has 0 aliphatic carbocycles. The molecule has 2 N–H and O–H groups in total. The highest BCUT2D eigenvalue weighted by Gasteiger charge is 2.12. The van der Waals surface area contributed by atoms with Crippen LogP contribution in [0, 0.1) is 6.92 Å². The van der Waals surface area contributed by atoms with Crippen molar-refractivity contribution >= 4 is 21.8 Å². The van der Waals surface area contributed by atoms with Crippen LogP contribution in [0.3, 0.4) is 0 Å². The quantitative estimate of drug-likeness (QED) is 0.840. The molecule has 1 aromatic rings. The Bertz CT molecular complexity index is 404. The third kappa shape index (κ3) is 4.38. The molecule has 1 rings (SSSR count). The lowest BCUT2D eigenvalue weighted by molar-refractivity contribution is 0.0938. The van der Waals surface area contributed by atoms with Crippen LogP contribution in [0.15, 0.2) is 18.2 Å². The number of hydrogen-bond donors (Lipinski definition) is 2. The third-order valence-electron chi connectivity index (χ3n) is 2.51. The van der Waals surface area contributed by atoms with Crippen molar-refractivity contribution in [2.45, 2.75) is 38.1 Å². The summed E-state index contributed by atoms with van der Waals surface area (Å²) in [5.41, 5.74) is 1.29. The zero-order chi connectivity index (χ0) is 13.0. The van der Waals surface area contributed by atoms with Crippen molar-refractivity contribution in [2.24, 2.45) is 0 Å². The zero-order valence-corrected chi connectivity index (χ0v) is 11.9. The van der Waals surface area contributed by atoms with E-state index < -0.39 is 0 Å². The fraction of sp³-hybridized carbons (Fsp3) is 0.462. The molecule has 4 heteroatoms. The summed E-state index contributed by atoms with van der Waals surface area (Å²) in [5, 5.41) is 12.3. The van der Waals surface area contributed by atoms with Crippen LogP contribution >= 0.6 is 15.9 Å². The first-order chi connectivity index (χ1) is 7.90. The Balaban J connectivity index is 2.66. The number of rotatable bonds is 4. The minimum absolute atomic E-state index is 0.103. The summed E-state index contributed by atoms with van der Waals surface area (Å²) in [4.78, 5) is 12.3. The van der Waals surface area contributed by atoms with Crippen LogP contribution in [-0.2, 0) is 0 Å². The normalized spacial score (nSPS) is 14.1. The van der Waals surface area contributed by atoms with E-state index in [0.29, 0.717) is 16.0 Å². The number of benzene rings is 1. The van der Waals surface area contributed by atoms with Crippen LogP contribution in [0.5, 0.6) is 5.75 Å². The van der Waals surface area contributed by atoms with Crippen molar-refractivity contribution in [3.63, 3.8) is 0 Å². The lowest BCUT2D eigenvalue weighted by Crippen LogP contribution is -2.33. The molecule has 2 atom stereocenters. The van der Waals surface area contributed by atoms with Gasteiger partial charge in [-0.2, -0.15) is 0 Å². The number of carbonyl (C=O) groups excluding carboxylic acids is 1. The fourth-order valence-electron chi connectivity index (χ4n) is 1.65. The number of carbonyl (C=O) groups is 1. The summed E-state index contributed by atoms with van der Waals surface area (Å²) in [5.74, 6) is 0.109. The first kappa shape index (κ1) is 14.0. The standard InChI is InChI=1S/C13H18BrNO2/c1-8-6-11(4-5-12(8)16)13(17)15-10(3)7-9(2)14/h4-6,9-10,16H,7H2,1-3H3,(H,15,17). The van der Waals surface area contributed by atoms with Gasteiger partial charge in [-0.3, -0.25) is 4.79 Å². The molecule has 17 heavy (non-hydrogen) atoms. The Morgan fingerprint density at radius 2 is 2.12 bits per heavy atom. The molecule has 0 saturated heterocycles. The van der Waals surface area contributed by atoms with Gasteiger partial charge in [-0.15, -0.1) is 0 Å². The maximum absolute atomic E-state index is 11.9. The van der Waals surface area contributed by atoms with Crippen LogP contribution < -0.4 is 5.32 Å². The maximum Gasteiger partial charge on any atom is 0.251 e. The Kier molecular flexibility index (Phi) is 5.00. The molecule has 0 aliphatic rings. The van der Waals surface area contributed by atoms with Gasteiger partial charge in [0.1, 0.15) is 5.75 Å². The number of amides is 1. The van der Waals surface area contributed by atoms with Crippen LogP contribution in [0.25, 0.3) is 0 Å². The largest absolute Gasteiger partial charge is 0.508 e. The molecular weight excluding hydrogens is 282 g/mol. The summed E-state index contributed by atoms with van der Waals surface area (Å²) in [6, 6.07) is 4.98. The second kappa shape index (κ2) is 6.05. The Morgan fingerprint density at radius 3 is 2.65 bits per heavy atom. The number of phenolic OH excluding ortho intramolecular Hbond substituents is 1. The average molecular weight is 300 g/mol. The van der Waals surface area contributed by atoms with Crippen LogP contribution in [-0.4, -0.2) is 21.9 Å². The van der Waals surface area contributed by atoms with Crippen molar-refractivity contribution in [3.05, 3.63) is 29.3 Å². The predicted molar refractivity (Wildman–Crippen MR) is 72.8 cm³/mol. The summed E-state index contributed by atoms with van der Waals surface area (Å²) < 4.78 is 0. The molecule has 1 aromatic carbocycles. The second-order valence-corrected chi connectivity index (χ2v) is 5.96. The van der Waals surface area contributed by atoms with E-state index in [1.165, 1.54) is 0 Å². The molecule has 0 saturated carbocycles. The first-order valence-corrected chi connectivity index (χ1v) is 6.56. The summed E-state index contributed by atoms with van der Waals surface area (Å²) in [7, 11) is 0. The second-order valence-electron chi connectivity index (χ2n) is 4.39. The smallest absolute Gasteiger partial charge is 0.251 e. The molecule has 0 spiro atoms. The lowest BCUT2D eigenvalue weighted by Gasteiger charge is -2.15. The number of halogens is 1. The number of aryl methyl sites for hydroxylation is 1. The Labute approximate surface area is 110 Å². The molecule has 2 unspecified atom stereocenters. The van der Waals surface area contributed by atoms with Gasteiger partial charge in [0.15, 0.2) is 0 Å². The summed E-state index contributed by atoms with van der Waals surface area (Å²) >= 11 is 3.46. The maximum atomic E-state index is 11.9. The van der Waals surface area contributed by atoms with Crippen molar-refractivity contribution in [1.82, 2.24) is 5.32 Å². The average Bonchev–Trinajstić information content (AvgIpc) is 2.20. The van der Waals surface area contributed by atoms with Crippen molar-refractivity contribution < 1.29 is 9.90 Å². The third-order valence-corrected chi connectivity index (χ3v) is 2.89. The molecule has 94 valence electrons. The van der Waals surface area contributed by atoms with Gasteiger partial charge in [0.2, 0.25) is 0 Å². The molecular formula is C13H18BrNO2. The van der Waals surface area contributed by atoms with Crippen molar-refractivity contribution in [3.8, 4) is 5.75 Å². The highest BCUT2D eigenvalue weighted by molar-refractivity contribution is 9.09. The predicted octanol–water partition coefficient (Wildman–Crippen LogP) is 2.99. The highest BCUT2D eigenvalue weighted by Crippen LogP contribution is 2.17. The fourth-order valence-corrected chi connectivity index (χ4v) is 2.21. The van der Waals surface area contributed by atoms with E-state index in [0.717, 1.165) is 6.42 Å². The first-order valence-electron chi connectivity index (χ1n) is 5.64. The molecule has 0 aromatic heterocycles. The van der Waals surface area contributed by atoms with Gasteiger partial charge in [-0.1, -0.05) is 22.9 Å². The molecule has 0 heterocycles. The van der Waals surface area contributed by atoms with E-state index in [1.807, 2.05) is 13.8 Å². The van der Waals surface area contributed by atoms with E-state index >= 15 is 0 Å². The molecule has 1 amide bonds. The topological polar surface area (TPSA) is 49.3 Å². The SMILES string of the molecule is Cc1cc(C(=O)NC(C)CC(C)Br)ccc1O. The minimum atomic E-state index is -0.103. The van der Waals surface area contributed by atoms with Crippen LogP contribution in [0.2, 0.25) is 0 Å². The molecule has 0 aliphatic heterocycles. The summed E-state index contributed by atoms with van der Waals surface area (Å²) in [6.07, 6.45) is 0.878. The van der Waals surface area contributed by atoms with Gasteiger partial charge in [0.25, 0.3) is 5.91 Å². The van der Waals surface area contributed by atoms with Gasteiger partial charge in [-0.25, -0.2) is 0 Å². The van der Waals surface area contributed by atoms with Gasteiger partial charge in [0, 0.05) is 16.4 Å². The summed E-state index contributed by atoms with van der Waals surface area (Å²) in [6.45, 7) is 5.80. The van der Waals surface area contributed by atoms with Crippen LogP contribution in [0.1, 0.15) is 36.2 Å². The monoisotopic (exact) mass is 299 g/mol. The molecule has 0 radical (unpaired) electrons. The van der Waals surface area contributed by atoms with Gasteiger partial charge in [-0.05, 0) is 44.0 Å². The molecule has 0 bridgehead atoms. The van der Waals surface area contributed by atoms with Crippen molar-refractivity contribution in [2.75, 3.05) is 0 Å². The van der Waals surface area contributed by atoms with E-state index in [2.05, 4.69) is 21.2 Å². The Hall–Kier alpha value is -1.03. The number of aromatic hydroxyl groups is 1. The van der Waals surface area contributed by atoms with E-state index in [9.17, 15) is 9.90 Å². The lowest BCUT2D eigenvalue weighted by atomic mass is 10.1. The van der Waals surface area contributed by atoms with Gasteiger partial charge in [0.05, 0.1) is 0 Å². The van der Waals surface area contributed by atoms with Gasteiger partial charge >= 0.3 is 0 Å². The van der Waals surface area contributed by atoms with E-state index in [1.54, 1.807) is 25.1 Å². The van der Waals surface area contributed by atoms with E-state index in [-0.39, 0.29) is 17.7 Å². The number of hydrogen-bond acceptors (Lipinski definition) is 2. The molecule has 0 fully saturated rings. The van der Waals surface area contributed by atoms with Gasteiger partial charge < -0.3 is 10.4 Å². The number of nitrogens with one attached hydrogen (secondary N) is 1. The Morgan fingerprint density at radius 1 is 1.47 bits per heavy atom. The number of phenols is 1. The van der Waals surface area contributed by atoms with Crippen molar-refractivity contribution in [1.29, 1.82) is 0 Å². The number of alkyl halides is 1. The molecule has 3 nitrogen and oxygen atoms in total. The van der Waals surface area contributed by atoms with Crippen LogP contribution in [0.4, 0.5) is 0 Å². The highest BCUT2D eigenvalue weighted by atomic mass is 79.9. The zero-order valence-electron chi connectivity index (χ0n) is 10.3. The minimum Gasteiger partial charge on any atom is -0.508 e. The van der Waals surface area contributed by atoms with E-state index in [4.69, 9.17) is 0 Å².